The molecule has 92 valence electrons. The Morgan fingerprint density at radius 2 is 2.12 bits per heavy atom. The normalized spacial score (nSPS) is 17.5. The van der Waals surface area contributed by atoms with Gasteiger partial charge < -0.3 is 11.1 Å². The molecule has 0 spiro atoms. The molecule has 0 heterocycles. The highest BCUT2D eigenvalue weighted by molar-refractivity contribution is 5.94. The molecule has 1 saturated carbocycles. The van der Waals surface area contributed by atoms with Crippen molar-refractivity contribution in [2.45, 2.75) is 32.7 Å². The van der Waals surface area contributed by atoms with Crippen molar-refractivity contribution in [3.8, 4) is 0 Å². The Hall–Kier alpha value is -1.35. The summed E-state index contributed by atoms with van der Waals surface area (Å²) in [5, 5.41) is 3.43. The van der Waals surface area contributed by atoms with Crippen LogP contribution in [0.2, 0.25) is 0 Å². The number of benzene rings is 1. The second kappa shape index (κ2) is 4.88. The molecular weight excluding hydrogens is 212 g/mol. The zero-order valence-corrected chi connectivity index (χ0v) is 10.3. The number of carbonyl (C=O) groups is 1. The predicted molar refractivity (Wildman–Crippen MR) is 68.6 cm³/mol. The van der Waals surface area contributed by atoms with Crippen molar-refractivity contribution in [1.82, 2.24) is 5.32 Å². The third-order valence-corrected chi connectivity index (χ3v) is 3.71. The van der Waals surface area contributed by atoms with Gasteiger partial charge in [-0.3, -0.25) is 4.79 Å². The van der Waals surface area contributed by atoms with E-state index in [2.05, 4.69) is 12.2 Å². The molecule has 1 aliphatic rings. The number of nitrogens with one attached hydrogen (secondary N) is 1. The van der Waals surface area contributed by atoms with Crippen LogP contribution in [-0.2, 0) is 6.54 Å². The zero-order chi connectivity index (χ0) is 12.3. The van der Waals surface area contributed by atoms with Crippen LogP contribution in [0.15, 0.2) is 24.3 Å². The first-order chi connectivity index (χ1) is 8.11. The van der Waals surface area contributed by atoms with Crippen LogP contribution in [0.5, 0.6) is 0 Å². The fraction of sp³-hybridized carbons (Fsp3) is 0.500. The van der Waals surface area contributed by atoms with Gasteiger partial charge in [0.2, 0.25) is 5.91 Å². The van der Waals surface area contributed by atoms with Crippen LogP contribution in [0.4, 0.5) is 0 Å². The Morgan fingerprint density at radius 1 is 1.41 bits per heavy atom. The maximum Gasteiger partial charge on any atom is 0.249 e. The summed E-state index contributed by atoms with van der Waals surface area (Å²) < 4.78 is 0. The molecule has 1 aromatic rings. The van der Waals surface area contributed by atoms with Crippen molar-refractivity contribution in [1.29, 1.82) is 0 Å². The van der Waals surface area contributed by atoms with Gasteiger partial charge in [0, 0.05) is 18.7 Å². The number of rotatable bonds is 5. The van der Waals surface area contributed by atoms with Crippen LogP contribution in [0.3, 0.4) is 0 Å². The maximum absolute atomic E-state index is 11.2. The van der Waals surface area contributed by atoms with E-state index in [1.54, 1.807) is 6.07 Å². The topological polar surface area (TPSA) is 55.1 Å². The molecule has 0 radical (unpaired) electrons. The number of nitrogens with two attached hydrogens (primary N) is 1. The Bertz CT molecular complexity index is 410. The molecule has 0 bridgehead atoms. The summed E-state index contributed by atoms with van der Waals surface area (Å²) in [6, 6.07) is 7.52. The molecule has 0 saturated heterocycles. The minimum Gasteiger partial charge on any atom is -0.366 e. The second-order valence-corrected chi connectivity index (χ2v) is 5.29. The van der Waals surface area contributed by atoms with Crippen molar-refractivity contribution in [3.63, 3.8) is 0 Å². The maximum atomic E-state index is 11.2. The van der Waals surface area contributed by atoms with Crippen molar-refractivity contribution < 1.29 is 4.79 Å². The highest BCUT2D eigenvalue weighted by Crippen LogP contribution is 2.39. The van der Waals surface area contributed by atoms with Gasteiger partial charge in [-0.15, -0.1) is 0 Å². The fourth-order valence-corrected chi connectivity index (χ4v) is 2.37. The number of hydrogen-bond acceptors (Lipinski definition) is 2. The molecular formula is C14H20N2O. The molecule has 17 heavy (non-hydrogen) atoms. The summed E-state index contributed by atoms with van der Waals surface area (Å²) in [7, 11) is 0. The van der Waals surface area contributed by atoms with E-state index in [1.165, 1.54) is 19.3 Å². The summed E-state index contributed by atoms with van der Waals surface area (Å²) in [5.41, 5.74) is 7.42. The molecule has 3 N–H and O–H groups in total. The van der Waals surface area contributed by atoms with E-state index >= 15 is 0 Å². The number of amides is 1. The molecule has 2 rings (SSSR count). The van der Waals surface area contributed by atoms with E-state index in [4.69, 9.17) is 5.73 Å². The van der Waals surface area contributed by atoms with Crippen molar-refractivity contribution in [2.24, 2.45) is 11.1 Å². The summed E-state index contributed by atoms with van der Waals surface area (Å²) in [6.07, 6.45) is 3.95. The largest absolute Gasteiger partial charge is 0.366 e. The Morgan fingerprint density at radius 3 is 2.71 bits per heavy atom. The summed E-state index contributed by atoms with van der Waals surface area (Å²) in [6.45, 7) is 4.04. The van der Waals surface area contributed by atoms with E-state index in [9.17, 15) is 4.79 Å². The number of primary amides is 1. The molecule has 1 amide bonds. The average Bonchev–Trinajstić information content (AvgIpc) is 2.27. The van der Waals surface area contributed by atoms with Crippen molar-refractivity contribution in [3.05, 3.63) is 35.4 Å². The first-order valence-electron chi connectivity index (χ1n) is 6.19. The van der Waals surface area contributed by atoms with Crippen LogP contribution < -0.4 is 11.1 Å². The number of hydrogen-bond donors (Lipinski definition) is 2. The van der Waals surface area contributed by atoms with Gasteiger partial charge in [-0.1, -0.05) is 31.5 Å². The highest BCUT2D eigenvalue weighted by Gasteiger charge is 2.30. The monoisotopic (exact) mass is 232 g/mol. The van der Waals surface area contributed by atoms with E-state index in [0.717, 1.165) is 12.1 Å². The lowest BCUT2D eigenvalue weighted by atomic mass is 9.70. The minimum atomic E-state index is -0.350. The van der Waals surface area contributed by atoms with Crippen LogP contribution >= 0.6 is 0 Å². The summed E-state index contributed by atoms with van der Waals surface area (Å²) in [5.74, 6) is -0.350. The van der Waals surface area contributed by atoms with E-state index in [-0.39, 0.29) is 5.91 Å². The Labute approximate surface area is 102 Å². The lowest BCUT2D eigenvalue weighted by molar-refractivity contribution is 0.0999. The van der Waals surface area contributed by atoms with E-state index in [1.807, 2.05) is 18.2 Å². The van der Waals surface area contributed by atoms with Crippen molar-refractivity contribution >= 4 is 5.91 Å². The third kappa shape index (κ3) is 2.86. The molecule has 1 aromatic carbocycles. The Balaban J connectivity index is 1.92. The lowest BCUT2D eigenvalue weighted by Gasteiger charge is -2.38. The highest BCUT2D eigenvalue weighted by atomic mass is 16.1. The van der Waals surface area contributed by atoms with Gasteiger partial charge in [-0.25, -0.2) is 0 Å². The van der Waals surface area contributed by atoms with Crippen LogP contribution in [0, 0.1) is 5.41 Å². The third-order valence-electron chi connectivity index (χ3n) is 3.71. The van der Waals surface area contributed by atoms with E-state index in [0.29, 0.717) is 17.5 Å². The van der Waals surface area contributed by atoms with Crippen molar-refractivity contribution in [2.75, 3.05) is 6.54 Å². The van der Waals surface area contributed by atoms with Gasteiger partial charge in [-0.2, -0.15) is 0 Å². The van der Waals surface area contributed by atoms with Gasteiger partial charge in [0.25, 0.3) is 0 Å². The predicted octanol–water partition coefficient (Wildman–Crippen LogP) is 2.07. The molecule has 0 aliphatic heterocycles. The van der Waals surface area contributed by atoms with Crippen LogP contribution in [0.25, 0.3) is 0 Å². The van der Waals surface area contributed by atoms with Gasteiger partial charge in [0.1, 0.15) is 0 Å². The van der Waals surface area contributed by atoms with Gasteiger partial charge >= 0.3 is 0 Å². The smallest absolute Gasteiger partial charge is 0.249 e. The van der Waals surface area contributed by atoms with E-state index < -0.39 is 0 Å². The summed E-state index contributed by atoms with van der Waals surface area (Å²) >= 11 is 0. The van der Waals surface area contributed by atoms with Crippen LogP contribution in [0.1, 0.15) is 42.1 Å². The Kier molecular flexibility index (Phi) is 3.48. The molecule has 0 aromatic heterocycles. The summed E-state index contributed by atoms with van der Waals surface area (Å²) in [4.78, 5) is 11.2. The minimum absolute atomic E-state index is 0.350. The lowest BCUT2D eigenvalue weighted by Crippen LogP contribution is -2.37. The molecule has 3 heteroatoms. The number of carbonyl (C=O) groups excluding carboxylic acids is 1. The molecule has 1 fully saturated rings. The fourth-order valence-electron chi connectivity index (χ4n) is 2.37. The molecule has 3 nitrogen and oxygen atoms in total. The van der Waals surface area contributed by atoms with Gasteiger partial charge in [0.05, 0.1) is 0 Å². The second-order valence-electron chi connectivity index (χ2n) is 5.29. The molecule has 0 unspecified atom stereocenters. The van der Waals surface area contributed by atoms with Crippen LogP contribution in [-0.4, -0.2) is 12.5 Å². The first kappa shape index (κ1) is 12.1. The molecule has 0 atom stereocenters. The molecule has 1 aliphatic carbocycles. The van der Waals surface area contributed by atoms with Gasteiger partial charge in [-0.05, 0) is 29.9 Å². The first-order valence-corrected chi connectivity index (χ1v) is 6.19. The quantitative estimate of drug-likeness (QED) is 0.816. The zero-order valence-electron chi connectivity index (χ0n) is 10.3. The standard InChI is InChI=1S/C14H20N2O/c1-14(7-4-8-14)10-16-9-11-5-2-3-6-12(11)13(15)17/h2-3,5-6,16H,4,7-10H2,1H3,(H2,15,17). The SMILES string of the molecule is CC1(CNCc2ccccc2C(N)=O)CCC1. The van der Waals surface area contributed by atoms with Gasteiger partial charge in [0.15, 0.2) is 0 Å². The average molecular weight is 232 g/mol.